The van der Waals surface area contributed by atoms with Crippen molar-refractivity contribution in [3.8, 4) is 11.5 Å². The zero-order valence-corrected chi connectivity index (χ0v) is 27.4. The van der Waals surface area contributed by atoms with Gasteiger partial charge in [-0.3, -0.25) is 9.59 Å². The van der Waals surface area contributed by atoms with Crippen LogP contribution < -0.4 is 9.47 Å². The molecule has 0 fully saturated rings. The lowest BCUT2D eigenvalue weighted by atomic mass is 9.63. The molecular weight excluding hydrogens is 648 g/mol. The Kier molecular flexibility index (Phi) is 8.60. The molecule has 42 heavy (non-hydrogen) atoms. The molecule has 0 aromatic heterocycles. The van der Waals surface area contributed by atoms with E-state index in [1.54, 1.807) is 20.3 Å². The Labute approximate surface area is 261 Å². The number of Topliss-reactive ketones (excluding diaryl/α,β-unsaturated/α-hetero) is 2. The quantitative estimate of drug-likeness (QED) is 0.271. The minimum Gasteiger partial charge on any atom is -0.493 e. The van der Waals surface area contributed by atoms with Crippen molar-refractivity contribution in [1.29, 1.82) is 0 Å². The number of halogens is 2. The van der Waals surface area contributed by atoms with Gasteiger partial charge in [0.15, 0.2) is 23.1 Å². The Balaban J connectivity index is 1.65. The summed E-state index contributed by atoms with van der Waals surface area (Å²) in [4.78, 5) is 30.2. The van der Waals surface area contributed by atoms with Crippen molar-refractivity contribution in [2.45, 2.75) is 65.9 Å². The molecule has 1 aliphatic heterocycles. The largest absolute Gasteiger partial charge is 0.493 e. The van der Waals surface area contributed by atoms with Crippen LogP contribution in [0.25, 0.3) is 0 Å². The number of hydrogen-bond donors (Lipinski definition) is 0. The molecule has 0 bridgehead atoms. The van der Waals surface area contributed by atoms with E-state index < -0.39 is 5.92 Å². The van der Waals surface area contributed by atoms with E-state index >= 15 is 0 Å². The number of nitrogens with zero attached hydrogens (tertiary/aromatic N) is 1. The van der Waals surface area contributed by atoms with Crippen LogP contribution >= 0.6 is 22.6 Å². The first kappa shape index (κ1) is 30.7. The van der Waals surface area contributed by atoms with Gasteiger partial charge in [-0.05, 0) is 81.7 Å². The van der Waals surface area contributed by atoms with Gasteiger partial charge in [0.05, 0.1) is 17.3 Å². The molecule has 0 unspecified atom stereocenters. The standard InChI is InChI=1S/C34H39FINO5/c1-33(2)15-24-30(26(38)17-33)29(31-25(37(24)10-11-40-5)16-34(3,4)18-27(31)39)21-13-23(36)32(28(14-21)41-6)42-19-20-8-7-9-22(35)12-20/h7-9,12-14,29H,10-11,15-19H2,1-6H3. The first-order valence-corrected chi connectivity index (χ1v) is 15.5. The summed E-state index contributed by atoms with van der Waals surface area (Å²) in [5.41, 5.74) is 4.58. The molecule has 2 aromatic carbocycles. The van der Waals surface area contributed by atoms with Gasteiger partial charge >= 0.3 is 0 Å². The summed E-state index contributed by atoms with van der Waals surface area (Å²) in [6, 6.07) is 10.2. The normalized spacial score (nSPS) is 20.0. The number of allylic oxidation sites excluding steroid dienone is 4. The summed E-state index contributed by atoms with van der Waals surface area (Å²) in [5, 5.41) is 0. The molecule has 0 saturated carbocycles. The Morgan fingerprint density at radius 1 is 0.929 bits per heavy atom. The third-order valence-electron chi connectivity index (χ3n) is 8.40. The maximum Gasteiger partial charge on any atom is 0.174 e. The SMILES string of the molecule is COCCN1C2=C(C(=O)CC(C)(C)C2)C(c2cc(I)c(OCc3cccc(F)c3)c(OC)c2)C2=C1CC(C)(C)CC2=O. The van der Waals surface area contributed by atoms with Crippen molar-refractivity contribution in [2.24, 2.45) is 10.8 Å². The number of carbonyl (C=O) groups is 2. The van der Waals surface area contributed by atoms with Crippen LogP contribution in [0.5, 0.6) is 11.5 Å². The molecule has 0 atom stereocenters. The highest BCUT2D eigenvalue weighted by Crippen LogP contribution is 2.55. The molecule has 0 amide bonds. The lowest BCUT2D eigenvalue weighted by Gasteiger charge is -2.49. The topological polar surface area (TPSA) is 65.1 Å². The van der Waals surface area contributed by atoms with Crippen molar-refractivity contribution >= 4 is 34.2 Å². The van der Waals surface area contributed by atoms with Crippen molar-refractivity contribution < 1.29 is 28.2 Å². The predicted octanol–water partition coefficient (Wildman–Crippen LogP) is 7.35. The Morgan fingerprint density at radius 2 is 1.55 bits per heavy atom. The highest BCUT2D eigenvalue weighted by atomic mass is 127. The summed E-state index contributed by atoms with van der Waals surface area (Å²) in [7, 11) is 3.25. The lowest BCUT2D eigenvalue weighted by Crippen LogP contribution is -2.45. The van der Waals surface area contributed by atoms with E-state index in [4.69, 9.17) is 14.2 Å². The second-order valence-electron chi connectivity index (χ2n) is 13.1. The number of hydrogen-bond acceptors (Lipinski definition) is 6. The zero-order chi connectivity index (χ0) is 30.4. The van der Waals surface area contributed by atoms with E-state index in [1.165, 1.54) is 12.1 Å². The lowest BCUT2D eigenvalue weighted by molar-refractivity contribution is -0.119. The van der Waals surface area contributed by atoms with E-state index in [2.05, 4.69) is 55.2 Å². The molecule has 2 aliphatic carbocycles. The van der Waals surface area contributed by atoms with Crippen LogP contribution in [0.15, 0.2) is 58.9 Å². The third kappa shape index (κ3) is 6.02. The molecule has 6 nitrogen and oxygen atoms in total. The number of benzene rings is 2. The fourth-order valence-corrected chi connectivity index (χ4v) is 7.44. The molecule has 3 aliphatic rings. The molecular formula is C34H39FINO5. The maximum atomic E-state index is 14.0. The van der Waals surface area contributed by atoms with Gasteiger partial charge in [0, 0.05) is 55.0 Å². The van der Waals surface area contributed by atoms with Crippen molar-refractivity contribution in [3.05, 3.63) is 79.5 Å². The van der Waals surface area contributed by atoms with Crippen molar-refractivity contribution in [3.63, 3.8) is 0 Å². The average Bonchev–Trinajstić information content (AvgIpc) is 2.89. The Bertz CT molecular complexity index is 1440. The summed E-state index contributed by atoms with van der Waals surface area (Å²) in [6.45, 7) is 9.78. The smallest absolute Gasteiger partial charge is 0.174 e. The fourth-order valence-electron chi connectivity index (χ4n) is 6.66. The molecule has 0 saturated heterocycles. The minimum atomic E-state index is -0.485. The van der Waals surface area contributed by atoms with Crippen LogP contribution in [0.1, 0.15) is 70.4 Å². The molecule has 5 rings (SSSR count). The molecule has 8 heteroatoms. The van der Waals surface area contributed by atoms with Crippen LogP contribution in [-0.4, -0.2) is 43.8 Å². The van der Waals surface area contributed by atoms with Gasteiger partial charge < -0.3 is 19.1 Å². The number of ketones is 2. The van der Waals surface area contributed by atoms with Crippen molar-refractivity contribution in [2.75, 3.05) is 27.4 Å². The van der Waals surface area contributed by atoms with Crippen molar-refractivity contribution in [1.82, 2.24) is 4.90 Å². The highest BCUT2D eigenvalue weighted by Gasteiger charge is 2.49. The van der Waals surface area contributed by atoms with Gasteiger partial charge in [0.25, 0.3) is 0 Å². The Hall–Kier alpha value is -2.72. The van der Waals surface area contributed by atoms with Gasteiger partial charge in [0.2, 0.25) is 0 Å². The predicted molar refractivity (Wildman–Crippen MR) is 168 cm³/mol. The van der Waals surface area contributed by atoms with E-state index in [0.717, 1.165) is 33.4 Å². The van der Waals surface area contributed by atoms with E-state index in [9.17, 15) is 14.0 Å². The zero-order valence-electron chi connectivity index (χ0n) is 25.2. The highest BCUT2D eigenvalue weighted by molar-refractivity contribution is 14.1. The van der Waals surface area contributed by atoms with E-state index in [1.807, 2.05) is 18.2 Å². The number of methoxy groups -OCH3 is 2. The number of rotatable bonds is 8. The van der Waals surface area contributed by atoms with Gasteiger partial charge in [0.1, 0.15) is 12.4 Å². The van der Waals surface area contributed by atoms with Gasteiger partial charge in [-0.25, -0.2) is 4.39 Å². The molecule has 2 aromatic rings. The summed E-state index contributed by atoms with van der Waals surface area (Å²) >= 11 is 2.21. The Morgan fingerprint density at radius 3 is 2.10 bits per heavy atom. The maximum absolute atomic E-state index is 14.0. The van der Waals surface area contributed by atoms with E-state index in [-0.39, 0.29) is 34.8 Å². The molecule has 1 heterocycles. The second kappa shape index (κ2) is 11.8. The molecule has 224 valence electrons. The van der Waals surface area contributed by atoms with Crippen LogP contribution in [0.4, 0.5) is 4.39 Å². The van der Waals surface area contributed by atoms with Crippen LogP contribution in [0.2, 0.25) is 0 Å². The third-order valence-corrected chi connectivity index (χ3v) is 9.20. The summed E-state index contributed by atoms with van der Waals surface area (Å²) in [6.07, 6.45) is 2.32. The summed E-state index contributed by atoms with van der Waals surface area (Å²) < 4.78 is 32.0. The van der Waals surface area contributed by atoms with Crippen LogP contribution in [0, 0.1) is 20.2 Å². The molecule has 0 radical (unpaired) electrons. The average molecular weight is 688 g/mol. The van der Waals surface area contributed by atoms with Gasteiger partial charge in [-0.1, -0.05) is 39.8 Å². The first-order valence-electron chi connectivity index (χ1n) is 14.4. The summed E-state index contributed by atoms with van der Waals surface area (Å²) in [5.74, 6) is 0.404. The minimum absolute atomic E-state index is 0.0817. The fraction of sp³-hybridized carbons (Fsp3) is 0.471. The van der Waals surface area contributed by atoms with E-state index in [0.29, 0.717) is 54.2 Å². The second-order valence-corrected chi connectivity index (χ2v) is 14.3. The monoisotopic (exact) mass is 687 g/mol. The van der Waals surface area contributed by atoms with Crippen LogP contribution in [-0.2, 0) is 20.9 Å². The number of carbonyl (C=O) groups excluding carboxylic acids is 2. The van der Waals surface area contributed by atoms with Crippen LogP contribution in [0.3, 0.4) is 0 Å². The first-order chi connectivity index (χ1) is 19.8. The molecule has 0 spiro atoms. The number of ether oxygens (including phenoxy) is 3. The molecule has 0 N–H and O–H groups in total. The van der Waals surface area contributed by atoms with Gasteiger partial charge in [-0.2, -0.15) is 0 Å². The van der Waals surface area contributed by atoms with Gasteiger partial charge in [-0.15, -0.1) is 0 Å².